The number of hydrogen-bond donors (Lipinski definition) is 1. The van der Waals surface area contributed by atoms with Gasteiger partial charge in [0.25, 0.3) is 0 Å². The molecule has 0 aliphatic heterocycles. The normalized spacial score (nSPS) is 24.6. The van der Waals surface area contributed by atoms with Crippen LogP contribution in [-0.2, 0) is 10.0 Å². The summed E-state index contributed by atoms with van der Waals surface area (Å²) in [7, 11) is -3.18. The van der Waals surface area contributed by atoms with Gasteiger partial charge in [-0.05, 0) is 22.7 Å². The van der Waals surface area contributed by atoms with Crippen molar-refractivity contribution in [2.75, 3.05) is 18.2 Å². The summed E-state index contributed by atoms with van der Waals surface area (Å²) in [5.41, 5.74) is 0.432. The highest BCUT2D eigenvalue weighted by Crippen LogP contribution is 2.67. The summed E-state index contributed by atoms with van der Waals surface area (Å²) in [4.78, 5) is 0. The lowest BCUT2D eigenvalue weighted by Crippen LogP contribution is -2.32. The Labute approximate surface area is 110 Å². The second-order valence-electron chi connectivity index (χ2n) is 6.39. The molecule has 1 saturated carbocycles. The molecule has 17 heavy (non-hydrogen) atoms. The molecule has 1 atom stereocenters. The zero-order chi connectivity index (χ0) is 13.5. The molecule has 0 aromatic rings. The molecule has 0 bridgehead atoms. The van der Waals surface area contributed by atoms with E-state index in [2.05, 4.69) is 32.4 Å². The van der Waals surface area contributed by atoms with Gasteiger partial charge in [0.1, 0.15) is 0 Å². The third kappa shape index (κ3) is 3.15. The van der Waals surface area contributed by atoms with Crippen molar-refractivity contribution in [3.05, 3.63) is 0 Å². The van der Waals surface area contributed by atoms with E-state index in [0.29, 0.717) is 18.3 Å². The Balaban J connectivity index is 2.48. The Morgan fingerprint density at radius 3 is 2.06 bits per heavy atom. The van der Waals surface area contributed by atoms with Crippen LogP contribution in [-0.4, -0.2) is 26.6 Å². The first kappa shape index (κ1) is 15.3. The van der Waals surface area contributed by atoms with Gasteiger partial charge < -0.3 is 0 Å². The van der Waals surface area contributed by atoms with Crippen molar-refractivity contribution in [2.24, 2.45) is 22.7 Å². The lowest BCUT2D eigenvalue weighted by Gasteiger charge is -2.10. The molecule has 3 nitrogen and oxygen atoms in total. The number of alkyl halides is 1. The minimum absolute atomic E-state index is 0.00519. The molecule has 1 unspecified atom stereocenters. The van der Waals surface area contributed by atoms with Gasteiger partial charge in [-0.2, -0.15) is 0 Å². The summed E-state index contributed by atoms with van der Waals surface area (Å²) in [5.74, 6) is 0.899. The molecule has 5 heteroatoms. The van der Waals surface area contributed by atoms with Gasteiger partial charge in [-0.1, -0.05) is 34.6 Å². The molecular weight excluding hydrogens is 258 g/mol. The van der Waals surface area contributed by atoms with Crippen molar-refractivity contribution in [3.63, 3.8) is 0 Å². The smallest absolute Gasteiger partial charge is 0.211 e. The van der Waals surface area contributed by atoms with E-state index < -0.39 is 10.0 Å². The second-order valence-corrected chi connectivity index (χ2v) is 8.55. The van der Waals surface area contributed by atoms with Gasteiger partial charge in [0.2, 0.25) is 10.0 Å². The minimum Gasteiger partial charge on any atom is -0.215 e. The van der Waals surface area contributed by atoms with E-state index in [1.165, 1.54) is 0 Å². The van der Waals surface area contributed by atoms with Crippen LogP contribution in [0.5, 0.6) is 0 Å². The predicted molar refractivity (Wildman–Crippen MR) is 72.7 cm³/mol. The molecule has 0 spiro atoms. The summed E-state index contributed by atoms with van der Waals surface area (Å²) in [6.07, 6.45) is 0. The SMILES string of the molecule is CC(CCl)CS(=O)(=O)NCC1C(C)(C)C1(C)C. The largest absolute Gasteiger partial charge is 0.215 e. The monoisotopic (exact) mass is 281 g/mol. The molecule has 0 saturated heterocycles. The fourth-order valence-corrected chi connectivity index (χ4v) is 4.18. The van der Waals surface area contributed by atoms with Crippen molar-refractivity contribution in [2.45, 2.75) is 34.6 Å². The van der Waals surface area contributed by atoms with Gasteiger partial charge in [-0.25, -0.2) is 13.1 Å². The zero-order valence-corrected chi connectivity index (χ0v) is 13.0. The summed E-state index contributed by atoms with van der Waals surface area (Å²) in [6, 6.07) is 0. The van der Waals surface area contributed by atoms with E-state index in [1.54, 1.807) is 0 Å². The average molecular weight is 282 g/mol. The highest BCUT2D eigenvalue weighted by atomic mass is 35.5. The Kier molecular flexibility index (Phi) is 4.22. The average Bonchev–Trinajstić information content (AvgIpc) is 2.54. The molecule has 1 fully saturated rings. The van der Waals surface area contributed by atoms with Gasteiger partial charge >= 0.3 is 0 Å². The molecular formula is C12H24ClNO2S. The van der Waals surface area contributed by atoms with Crippen LogP contribution in [0, 0.1) is 22.7 Å². The van der Waals surface area contributed by atoms with Crippen LogP contribution in [0.1, 0.15) is 34.6 Å². The summed E-state index contributed by atoms with van der Waals surface area (Å²) < 4.78 is 26.3. The van der Waals surface area contributed by atoms with Gasteiger partial charge in [-0.15, -0.1) is 11.6 Å². The standard InChI is InChI=1S/C12H24ClNO2S/c1-9(6-13)8-17(15,16)14-7-10-11(2,3)12(10,4)5/h9-10,14H,6-8H2,1-5H3. The fraction of sp³-hybridized carbons (Fsp3) is 1.00. The third-order valence-electron chi connectivity index (χ3n) is 4.59. The molecule has 0 aromatic heterocycles. The van der Waals surface area contributed by atoms with Gasteiger partial charge in [0.05, 0.1) is 5.75 Å². The second kappa shape index (κ2) is 4.71. The molecule has 0 radical (unpaired) electrons. The van der Waals surface area contributed by atoms with Crippen molar-refractivity contribution in [1.82, 2.24) is 4.72 Å². The third-order valence-corrected chi connectivity index (χ3v) is 6.74. The van der Waals surface area contributed by atoms with Crippen LogP contribution in [0.2, 0.25) is 0 Å². The lowest BCUT2D eigenvalue weighted by atomic mass is 10.0. The first-order chi connectivity index (χ1) is 7.54. The Morgan fingerprint density at radius 2 is 1.71 bits per heavy atom. The van der Waals surface area contributed by atoms with Crippen LogP contribution >= 0.6 is 11.6 Å². The maximum absolute atomic E-state index is 11.8. The molecule has 1 N–H and O–H groups in total. The van der Waals surface area contributed by atoms with E-state index in [9.17, 15) is 8.42 Å². The predicted octanol–water partition coefficient (Wildman–Crippen LogP) is 2.46. The number of nitrogens with one attached hydrogen (secondary N) is 1. The summed E-state index contributed by atoms with van der Waals surface area (Å²) >= 11 is 5.63. The molecule has 1 rings (SSSR count). The topological polar surface area (TPSA) is 46.2 Å². The molecule has 0 heterocycles. The van der Waals surface area contributed by atoms with E-state index >= 15 is 0 Å². The highest BCUT2D eigenvalue weighted by Gasteiger charge is 2.64. The maximum Gasteiger partial charge on any atom is 0.211 e. The number of halogens is 1. The number of hydrogen-bond acceptors (Lipinski definition) is 2. The summed E-state index contributed by atoms with van der Waals surface area (Å²) in [5, 5.41) is 0. The molecule has 102 valence electrons. The Morgan fingerprint density at radius 1 is 1.24 bits per heavy atom. The van der Waals surface area contributed by atoms with Gasteiger partial charge in [0.15, 0.2) is 0 Å². The van der Waals surface area contributed by atoms with Gasteiger partial charge in [0, 0.05) is 12.4 Å². The zero-order valence-electron chi connectivity index (χ0n) is 11.4. The Hall–Kier alpha value is 0.200. The van der Waals surface area contributed by atoms with Crippen LogP contribution in [0.4, 0.5) is 0 Å². The van der Waals surface area contributed by atoms with Gasteiger partial charge in [-0.3, -0.25) is 0 Å². The van der Waals surface area contributed by atoms with Crippen molar-refractivity contribution >= 4 is 21.6 Å². The van der Waals surface area contributed by atoms with Crippen LogP contribution in [0.3, 0.4) is 0 Å². The van der Waals surface area contributed by atoms with Crippen LogP contribution < -0.4 is 4.72 Å². The first-order valence-corrected chi connectivity index (χ1v) is 8.26. The maximum atomic E-state index is 11.8. The summed E-state index contributed by atoms with van der Waals surface area (Å²) in [6.45, 7) is 11.1. The fourth-order valence-electron chi connectivity index (χ4n) is 2.53. The van der Waals surface area contributed by atoms with E-state index in [4.69, 9.17) is 11.6 Å². The molecule has 0 amide bonds. The molecule has 1 aliphatic carbocycles. The van der Waals surface area contributed by atoms with Crippen LogP contribution in [0.15, 0.2) is 0 Å². The highest BCUT2D eigenvalue weighted by molar-refractivity contribution is 7.89. The quantitative estimate of drug-likeness (QED) is 0.760. The van der Waals surface area contributed by atoms with E-state index in [-0.39, 0.29) is 22.5 Å². The first-order valence-electron chi connectivity index (χ1n) is 6.08. The molecule has 0 aromatic carbocycles. The number of sulfonamides is 1. The van der Waals surface area contributed by atoms with Crippen molar-refractivity contribution in [1.29, 1.82) is 0 Å². The van der Waals surface area contributed by atoms with E-state index in [0.717, 1.165) is 0 Å². The minimum atomic E-state index is -3.18. The lowest BCUT2D eigenvalue weighted by molar-refractivity contribution is 0.457. The van der Waals surface area contributed by atoms with Crippen LogP contribution in [0.25, 0.3) is 0 Å². The number of rotatable bonds is 6. The van der Waals surface area contributed by atoms with Crippen molar-refractivity contribution in [3.8, 4) is 0 Å². The van der Waals surface area contributed by atoms with Crippen molar-refractivity contribution < 1.29 is 8.42 Å². The molecule has 1 aliphatic rings. The van der Waals surface area contributed by atoms with E-state index in [1.807, 2.05) is 6.92 Å². The Bertz CT molecular complexity index is 362.